The molecule has 0 spiro atoms. The third kappa shape index (κ3) is 4.80. The molecule has 0 bridgehead atoms. The van der Waals surface area contributed by atoms with Crippen LogP contribution < -0.4 is 4.74 Å². The molecule has 160 valence electrons. The lowest BCUT2D eigenvalue weighted by molar-refractivity contribution is -0.154. The van der Waals surface area contributed by atoms with Crippen LogP contribution in [0.3, 0.4) is 0 Å². The number of halogens is 1. The Morgan fingerprint density at radius 3 is 2.68 bits per heavy atom. The van der Waals surface area contributed by atoms with Crippen molar-refractivity contribution >= 4 is 29.2 Å². The number of esters is 1. The minimum Gasteiger partial charge on any atom is -0.482 e. The fraction of sp³-hybridized carbons (Fsp3) is 0.227. The Labute approximate surface area is 183 Å². The van der Waals surface area contributed by atoms with E-state index in [-0.39, 0.29) is 6.61 Å². The van der Waals surface area contributed by atoms with E-state index in [4.69, 9.17) is 29.9 Å². The van der Waals surface area contributed by atoms with Gasteiger partial charge in [0, 0.05) is 11.4 Å². The zero-order chi connectivity index (χ0) is 21.8. The van der Waals surface area contributed by atoms with Crippen molar-refractivity contribution in [3.63, 3.8) is 0 Å². The summed E-state index contributed by atoms with van der Waals surface area (Å²) >= 11 is 5.91. The molecule has 2 aromatic heterocycles. The Hall–Kier alpha value is -3.52. The number of ether oxygens (including phenoxy) is 2. The first-order valence-electron chi connectivity index (χ1n) is 9.52. The maximum absolute atomic E-state index is 12.8. The number of carbonyl (C=O) groups is 2. The van der Waals surface area contributed by atoms with Crippen molar-refractivity contribution in [3.05, 3.63) is 77.1 Å². The number of hydrogen-bond acceptors (Lipinski definition) is 7. The lowest BCUT2D eigenvalue weighted by Gasteiger charge is -2.19. The zero-order valence-electron chi connectivity index (χ0n) is 16.6. The number of nitrogens with zero attached hydrogens (tertiary/aromatic N) is 2. The molecule has 3 aromatic rings. The summed E-state index contributed by atoms with van der Waals surface area (Å²) in [5, 5.41) is 6.20. The second-order valence-corrected chi connectivity index (χ2v) is 7.29. The maximum Gasteiger partial charge on any atom is 0.344 e. The molecule has 31 heavy (non-hydrogen) atoms. The number of aryl methyl sites for hydroxylation is 1. The molecule has 0 fully saturated rings. The summed E-state index contributed by atoms with van der Waals surface area (Å²) in [4.78, 5) is 24.8. The van der Waals surface area contributed by atoms with E-state index in [1.54, 1.807) is 42.5 Å². The van der Waals surface area contributed by atoms with Gasteiger partial charge in [0.25, 0.3) is 5.91 Å². The van der Waals surface area contributed by atoms with Crippen molar-refractivity contribution in [2.45, 2.75) is 19.4 Å². The standard InChI is InChI=1S/C22H19ClN2O6/c1-14-10-15(23)6-7-18(14)30-13-22(27)31-12-21(26)25-17(20-5-3-9-29-20)11-16(24-25)19-4-2-8-28-19/h2-10,17H,11-13H2,1H3. The van der Waals surface area contributed by atoms with Crippen molar-refractivity contribution in [1.82, 2.24) is 5.01 Å². The van der Waals surface area contributed by atoms with E-state index in [1.807, 2.05) is 6.92 Å². The second-order valence-electron chi connectivity index (χ2n) is 6.86. The van der Waals surface area contributed by atoms with Crippen LogP contribution in [0.4, 0.5) is 0 Å². The van der Waals surface area contributed by atoms with Gasteiger partial charge in [-0.1, -0.05) is 11.6 Å². The highest BCUT2D eigenvalue weighted by Gasteiger charge is 2.36. The van der Waals surface area contributed by atoms with Crippen LogP contribution in [0, 0.1) is 6.92 Å². The number of hydrogen-bond donors (Lipinski definition) is 0. The van der Waals surface area contributed by atoms with Gasteiger partial charge in [0.15, 0.2) is 13.2 Å². The number of hydrazone groups is 1. The third-order valence-electron chi connectivity index (χ3n) is 4.68. The lowest BCUT2D eigenvalue weighted by atomic mass is 10.1. The molecule has 0 aliphatic carbocycles. The number of benzene rings is 1. The molecule has 0 N–H and O–H groups in total. The van der Waals surface area contributed by atoms with Crippen LogP contribution in [0.15, 0.2) is 68.9 Å². The quantitative estimate of drug-likeness (QED) is 0.510. The van der Waals surface area contributed by atoms with Crippen molar-refractivity contribution in [2.24, 2.45) is 5.10 Å². The minimum atomic E-state index is -0.674. The van der Waals surface area contributed by atoms with Gasteiger partial charge in [-0.3, -0.25) is 4.79 Å². The molecule has 4 rings (SSSR count). The van der Waals surface area contributed by atoms with Gasteiger partial charge in [-0.05, 0) is 55.0 Å². The predicted molar refractivity (Wildman–Crippen MR) is 111 cm³/mol. The van der Waals surface area contributed by atoms with Crippen molar-refractivity contribution in [3.8, 4) is 5.75 Å². The molecule has 0 saturated carbocycles. The fourth-order valence-corrected chi connectivity index (χ4v) is 3.42. The average molecular weight is 443 g/mol. The molecule has 1 aliphatic heterocycles. The number of rotatable bonds is 7. The topological polar surface area (TPSA) is 94.5 Å². The van der Waals surface area contributed by atoms with Gasteiger partial charge in [-0.25, -0.2) is 9.80 Å². The van der Waals surface area contributed by atoms with Crippen LogP contribution in [-0.2, 0) is 14.3 Å². The summed E-state index contributed by atoms with van der Waals surface area (Å²) in [5.41, 5.74) is 1.39. The van der Waals surface area contributed by atoms with Gasteiger partial charge >= 0.3 is 5.97 Å². The van der Waals surface area contributed by atoms with Gasteiger partial charge in [0.2, 0.25) is 0 Å². The predicted octanol–water partition coefficient (Wildman–Crippen LogP) is 4.13. The van der Waals surface area contributed by atoms with Crippen LogP contribution in [0.1, 0.15) is 29.5 Å². The molecule has 8 nitrogen and oxygen atoms in total. The monoisotopic (exact) mass is 442 g/mol. The Morgan fingerprint density at radius 1 is 1.16 bits per heavy atom. The molecule has 1 amide bonds. The Morgan fingerprint density at radius 2 is 1.97 bits per heavy atom. The Bertz CT molecular complexity index is 1090. The minimum absolute atomic E-state index is 0.335. The Balaban J connectivity index is 1.37. The molecule has 3 heterocycles. The highest BCUT2D eigenvalue weighted by Crippen LogP contribution is 2.33. The molecule has 1 aromatic carbocycles. The molecule has 1 aliphatic rings. The average Bonchev–Trinajstić information content (AvgIpc) is 3.51. The zero-order valence-corrected chi connectivity index (χ0v) is 17.4. The fourth-order valence-electron chi connectivity index (χ4n) is 3.20. The number of furan rings is 2. The van der Waals surface area contributed by atoms with Crippen molar-refractivity contribution < 1.29 is 27.9 Å². The summed E-state index contributed by atoms with van der Waals surface area (Å²) in [6.45, 7) is 0.999. The normalized spacial score (nSPS) is 15.6. The molecule has 0 radical (unpaired) electrons. The molecule has 9 heteroatoms. The van der Waals surface area contributed by atoms with Crippen molar-refractivity contribution in [2.75, 3.05) is 13.2 Å². The lowest BCUT2D eigenvalue weighted by Crippen LogP contribution is -2.32. The van der Waals surface area contributed by atoms with E-state index in [1.165, 1.54) is 17.5 Å². The largest absolute Gasteiger partial charge is 0.482 e. The van der Waals surface area contributed by atoms with E-state index in [9.17, 15) is 9.59 Å². The van der Waals surface area contributed by atoms with E-state index < -0.39 is 24.5 Å². The highest BCUT2D eigenvalue weighted by atomic mass is 35.5. The van der Waals surface area contributed by atoms with E-state index in [0.717, 1.165) is 5.56 Å². The van der Waals surface area contributed by atoms with E-state index in [2.05, 4.69) is 5.10 Å². The van der Waals surface area contributed by atoms with Crippen LogP contribution in [0.5, 0.6) is 5.75 Å². The first-order valence-corrected chi connectivity index (χ1v) is 9.90. The number of carbonyl (C=O) groups excluding carboxylic acids is 2. The SMILES string of the molecule is Cc1cc(Cl)ccc1OCC(=O)OCC(=O)N1N=C(c2ccco2)CC1c1ccco1. The molecule has 0 saturated heterocycles. The summed E-state index contributed by atoms with van der Waals surface area (Å²) in [6.07, 6.45) is 3.48. The molecular formula is C22H19ClN2O6. The van der Waals surface area contributed by atoms with Crippen LogP contribution in [-0.4, -0.2) is 35.8 Å². The summed E-state index contributed by atoms with van der Waals surface area (Å²) < 4.78 is 21.4. The van der Waals surface area contributed by atoms with Gasteiger partial charge in [0.05, 0.1) is 12.5 Å². The molecular weight excluding hydrogens is 424 g/mol. The highest BCUT2D eigenvalue weighted by molar-refractivity contribution is 6.30. The smallest absolute Gasteiger partial charge is 0.344 e. The molecule has 1 unspecified atom stereocenters. The summed E-state index contributed by atoms with van der Waals surface area (Å²) in [7, 11) is 0. The summed E-state index contributed by atoms with van der Waals surface area (Å²) in [6, 6.07) is 11.6. The first kappa shape index (κ1) is 20.7. The van der Waals surface area contributed by atoms with Crippen molar-refractivity contribution in [1.29, 1.82) is 0 Å². The van der Waals surface area contributed by atoms with E-state index >= 15 is 0 Å². The van der Waals surface area contributed by atoms with Crippen LogP contribution in [0.2, 0.25) is 5.02 Å². The Kier molecular flexibility index (Phi) is 6.08. The maximum atomic E-state index is 12.8. The number of amides is 1. The van der Waals surface area contributed by atoms with Gasteiger partial charge in [0.1, 0.15) is 29.0 Å². The van der Waals surface area contributed by atoms with Gasteiger partial charge in [-0.15, -0.1) is 0 Å². The van der Waals surface area contributed by atoms with Gasteiger partial charge < -0.3 is 18.3 Å². The second kappa shape index (κ2) is 9.09. The van der Waals surface area contributed by atoms with E-state index in [0.29, 0.717) is 34.4 Å². The van der Waals surface area contributed by atoms with Gasteiger partial charge in [-0.2, -0.15) is 5.10 Å². The third-order valence-corrected chi connectivity index (χ3v) is 4.92. The molecule has 1 atom stereocenters. The van der Waals surface area contributed by atoms with Crippen LogP contribution in [0.25, 0.3) is 0 Å². The summed E-state index contributed by atoms with van der Waals surface area (Å²) in [5.74, 6) is 0.491. The van der Waals surface area contributed by atoms with Crippen LogP contribution >= 0.6 is 11.6 Å². The first-order chi connectivity index (χ1) is 15.0.